The van der Waals surface area contributed by atoms with Crippen molar-refractivity contribution >= 4 is 39.2 Å². The predicted octanol–water partition coefficient (Wildman–Crippen LogP) is 0.278. The van der Waals surface area contributed by atoms with E-state index < -0.39 is 6.04 Å². The van der Waals surface area contributed by atoms with Crippen molar-refractivity contribution in [3.63, 3.8) is 0 Å². The van der Waals surface area contributed by atoms with Gasteiger partial charge in [0.15, 0.2) is 5.82 Å². The molecule has 2 rings (SSSR count). The Morgan fingerprint density at radius 1 is 1.59 bits per heavy atom. The molecule has 1 aromatic heterocycles. The number of amides is 2. The van der Waals surface area contributed by atoms with Crippen molar-refractivity contribution in [2.75, 3.05) is 17.2 Å². The molecule has 1 unspecified atom stereocenters. The SMILES string of the molecule is CC1C(=O)NC(=O)CN1c1ncc(Br)cc1N. The fourth-order valence-electron chi connectivity index (χ4n) is 1.66. The molecule has 90 valence electrons. The Bertz CT molecular complexity index is 491. The number of nitrogen functional groups attached to an aromatic ring is 1. The lowest BCUT2D eigenvalue weighted by Crippen LogP contribution is -2.57. The largest absolute Gasteiger partial charge is 0.396 e. The Labute approximate surface area is 106 Å². The topological polar surface area (TPSA) is 88.3 Å². The second kappa shape index (κ2) is 4.33. The van der Waals surface area contributed by atoms with Crippen molar-refractivity contribution in [3.8, 4) is 0 Å². The molecule has 0 saturated carbocycles. The van der Waals surface area contributed by atoms with Gasteiger partial charge >= 0.3 is 0 Å². The highest BCUT2D eigenvalue weighted by Crippen LogP contribution is 2.26. The van der Waals surface area contributed by atoms with E-state index in [0.717, 1.165) is 4.47 Å². The number of nitrogens with two attached hydrogens (primary N) is 1. The number of aromatic nitrogens is 1. The van der Waals surface area contributed by atoms with Gasteiger partial charge in [-0.05, 0) is 28.9 Å². The van der Waals surface area contributed by atoms with Crippen molar-refractivity contribution in [3.05, 3.63) is 16.7 Å². The number of hydrogen-bond acceptors (Lipinski definition) is 5. The first kappa shape index (κ1) is 11.8. The van der Waals surface area contributed by atoms with Crippen LogP contribution in [0.1, 0.15) is 6.92 Å². The number of hydrogen-bond donors (Lipinski definition) is 2. The van der Waals surface area contributed by atoms with E-state index in [1.54, 1.807) is 24.1 Å². The van der Waals surface area contributed by atoms with Gasteiger partial charge in [0.1, 0.15) is 6.04 Å². The van der Waals surface area contributed by atoms with Crippen LogP contribution in [0, 0.1) is 0 Å². The molecule has 1 fully saturated rings. The van der Waals surface area contributed by atoms with E-state index in [9.17, 15) is 9.59 Å². The Morgan fingerprint density at radius 3 is 2.94 bits per heavy atom. The summed E-state index contributed by atoms with van der Waals surface area (Å²) in [6.07, 6.45) is 1.58. The second-order valence-corrected chi connectivity index (χ2v) is 4.70. The molecule has 1 atom stereocenters. The number of rotatable bonds is 1. The Balaban J connectivity index is 2.37. The molecule has 0 spiro atoms. The van der Waals surface area contributed by atoms with Gasteiger partial charge < -0.3 is 10.6 Å². The highest BCUT2D eigenvalue weighted by Gasteiger charge is 2.31. The highest BCUT2D eigenvalue weighted by molar-refractivity contribution is 9.10. The van der Waals surface area contributed by atoms with Crippen LogP contribution in [-0.4, -0.2) is 29.4 Å². The zero-order valence-corrected chi connectivity index (χ0v) is 10.7. The minimum absolute atomic E-state index is 0.0751. The van der Waals surface area contributed by atoms with E-state index in [0.29, 0.717) is 11.5 Å². The average molecular weight is 299 g/mol. The molecule has 17 heavy (non-hydrogen) atoms. The van der Waals surface area contributed by atoms with Crippen molar-refractivity contribution in [2.45, 2.75) is 13.0 Å². The number of nitrogens with one attached hydrogen (secondary N) is 1. The molecule has 2 amide bonds. The van der Waals surface area contributed by atoms with Crippen LogP contribution in [-0.2, 0) is 9.59 Å². The predicted molar refractivity (Wildman–Crippen MR) is 66.3 cm³/mol. The molecular formula is C10H11BrN4O2. The van der Waals surface area contributed by atoms with Gasteiger partial charge in [-0.1, -0.05) is 0 Å². The number of piperazine rings is 1. The smallest absolute Gasteiger partial charge is 0.249 e. The zero-order chi connectivity index (χ0) is 12.6. The number of pyridine rings is 1. The standard InChI is InChI=1S/C10H11BrN4O2/c1-5-10(17)14-8(16)4-15(5)9-7(12)2-6(11)3-13-9/h2-3,5H,4,12H2,1H3,(H,14,16,17). The second-order valence-electron chi connectivity index (χ2n) is 3.78. The molecule has 0 radical (unpaired) electrons. The summed E-state index contributed by atoms with van der Waals surface area (Å²) in [6, 6.07) is 1.22. The molecule has 0 aromatic carbocycles. The van der Waals surface area contributed by atoms with E-state index in [1.807, 2.05) is 0 Å². The molecule has 6 nitrogen and oxygen atoms in total. The van der Waals surface area contributed by atoms with Crippen LogP contribution in [0.5, 0.6) is 0 Å². The average Bonchev–Trinajstić information content (AvgIpc) is 2.24. The zero-order valence-electron chi connectivity index (χ0n) is 9.11. The number of imide groups is 1. The fourth-order valence-corrected chi connectivity index (χ4v) is 2.01. The van der Waals surface area contributed by atoms with Gasteiger partial charge in [-0.3, -0.25) is 14.9 Å². The van der Waals surface area contributed by atoms with E-state index in [1.165, 1.54) is 0 Å². The molecule has 1 aliphatic heterocycles. The number of anilines is 2. The molecular weight excluding hydrogens is 288 g/mol. The van der Waals surface area contributed by atoms with Crippen LogP contribution < -0.4 is 16.0 Å². The van der Waals surface area contributed by atoms with Crippen molar-refractivity contribution < 1.29 is 9.59 Å². The number of carbonyl (C=O) groups excluding carboxylic acids is 2. The summed E-state index contributed by atoms with van der Waals surface area (Å²) in [5, 5.41) is 2.26. The minimum atomic E-state index is -0.469. The first-order valence-electron chi connectivity index (χ1n) is 5.00. The van der Waals surface area contributed by atoms with E-state index in [2.05, 4.69) is 26.2 Å². The van der Waals surface area contributed by atoms with E-state index >= 15 is 0 Å². The van der Waals surface area contributed by atoms with Crippen molar-refractivity contribution in [1.29, 1.82) is 0 Å². The summed E-state index contributed by atoms with van der Waals surface area (Å²) in [7, 11) is 0. The molecule has 0 aliphatic carbocycles. The van der Waals surface area contributed by atoms with Crippen molar-refractivity contribution in [2.24, 2.45) is 0 Å². The van der Waals surface area contributed by atoms with Crippen LogP contribution >= 0.6 is 15.9 Å². The van der Waals surface area contributed by atoms with Gasteiger partial charge in [0.25, 0.3) is 0 Å². The summed E-state index contributed by atoms with van der Waals surface area (Å²) >= 11 is 3.25. The van der Waals surface area contributed by atoms with Crippen molar-refractivity contribution in [1.82, 2.24) is 10.3 Å². The third-order valence-electron chi connectivity index (χ3n) is 2.56. The summed E-state index contributed by atoms with van der Waals surface area (Å²) in [5.74, 6) is -0.244. The number of nitrogens with zero attached hydrogens (tertiary/aromatic N) is 2. The Kier molecular flexibility index (Phi) is 3.01. The van der Waals surface area contributed by atoms with Gasteiger partial charge in [0.2, 0.25) is 11.8 Å². The fraction of sp³-hybridized carbons (Fsp3) is 0.300. The maximum Gasteiger partial charge on any atom is 0.249 e. The van der Waals surface area contributed by atoms with Gasteiger partial charge in [0, 0.05) is 10.7 Å². The first-order valence-corrected chi connectivity index (χ1v) is 5.79. The number of carbonyl (C=O) groups is 2. The van der Waals surface area contributed by atoms with Crippen LogP contribution in [0.25, 0.3) is 0 Å². The van der Waals surface area contributed by atoms with E-state index in [-0.39, 0.29) is 18.4 Å². The van der Waals surface area contributed by atoms with Crippen LogP contribution in [0.4, 0.5) is 11.5 Å². The van der Waals surface area contributed by atoms with Gasteiger partial charge in [-0.15, -0.1) is 0 Å². The van der Waals surface area contributed by atoms with Crippen LogP contribution in [0.2, 0.25) is 0 Å². The third kappa shape index (κ3) is 2.23. The lowest BCUT2D eigenvalue weighted by molar-refractivity contribution is -0.132. The summed E-state index contributed by atoms with van der Waals surface area (Å²) in [6.45, 7) is 1.77. The molecule has 3 N–H and O–H groups in total. The van der Waals surface area contributed by atoms with Crippen LogP contribution in [0.3, 0.4) is 0 Å². The molecule has 7 heteroatoms. The van der Waals surface area contributed by atoms with Crippen LogP contribution in [0.15, 0.2) is 16.7 Å². The lowest BCUT2D eigenvalue weighted by Gasteiger charge is -2.33. The quantitative estimate of drug-likeness (QED) is 0.727. The molecule has 1 saturated heterocycles. The van der Waals surface area contributed by atoms with Gasteiger partial charge in [-0.25, -0.2) is 4.98 Å². The molecule has 1 aliphatic rings. The molecule has 1 aromatic rings. The monoisotopic (exact) mass is 298 g/mol. The summed E-state index contributed by atoms with van der Waals surface area (Å²) in [4.78, 5) is 28.6. The normalized spacial score (nSPS) is 20.4. The van der Waals surface area contributed by atoms with Gasteiger partial charge in [-0.2, -0.15) is 0 Å². The summed E-state index contributed by atoms with van der Waals surface area (Å²) < 4.78 is 0.749. The van der Waals surface area contributed by atoms with Gasteiger partial charge in [0.05, 0.1) is 12.2 Å². The maximum absolute atomic E-state index is 11.5. The minimum Gasteiger partial charge on any atom is -0.396 e. The number of halogens is 1. The first-order chi connectivity index (χ1) is 7.99. The molecule has 2 heterocycles. The highest BCUT2D eigenvalue weighted by atomic mass is 79.9. The Hall–Kier alpha value is -1.63. The third-order valence-corrected chi connectivity index (χ3v) is 2.99. The maximum atomic E-state index is 11.5. The van der Waals surface area contributed by atoms with E-state index in [4.69, 9.17) is 5.73 Å². The summed E-state index contributed by atoms with van der Waals surface area (Å²) in [5.41, 5.74) is 6.25. The Morgan fingerprint density at radius 2 is 2.29 bits per heavy atom. The molecule has 0 bridgehead atoms. The lowest BCUT2D eigenvalue weighted by atomic mass is 10.2.